The highest BCUT2D eigenvalue weighted by molar-refractivity contribution is 7.82. The van der Waals surface area contributed by atoms with Gasteiger partial charge in [-0.05, 0) is 12.1 Å². The summed E-state index contributed by atoms with van der Waals surface area (Å²) in [5.74, 6) is 0. The maximum atomic E-state index is 12.1. The quantitative estimate of drug-likeness (QED) is 0.596. The van der Waals surface area contributed by atoms with Crippen LogP contribution in [-0.2, 0) is 15.7 Å². The molecule has 0 amide bonds. The van der Waals surface area contributed by atoms with Gasteiger partial charge in [0.1, 0.15) is 11.0 Å². The molecule has 92 valence electrons. The van der Waals surface area contributed by atoms with Gasteiger partial charge in [0, 0.05) is 25.2 Å². The van der Waals surface area contributed by atoms with E-state index in [2.05, 4.69) is 0 Å². The summed E-state index contributed by atoms with van der Waals surface area (Å²) in [6, 6.07) is 5.80. The molecule has 1 aliphatic heterocycles. The van der Waals surface area contributed by atoms with E-state index in [-0.39, 0.29) is 5.69 Å². The molecule has 0 aromatic heterocycles. The van der Waals surface area contributed by atoms with Gasteiger partial charge >= 0.3 is 0 Å². The van der Waals surface area contributed by atoms with Gasteiger partial charge in [0.05, 0.1) is 23.0 Å². The van der Waals surface area contributed by atoms with Gasteiger partial charge in [-0.15, -0.1) is 0 Å². The Bertz CT molecular complexity index is 428. The van der Waals surface area contributed by atoms with Crippen molar-refractivity contribution in [2.45, 2.75) is 4.90 Å². The van der Waals surface area contributed by atoms with Crippen LogP contribution in [0.15, 0.2) is 29.2 Å². The molecule has 7 heteroatoms. The summed E-state index contributed by atoms with van der Waals surface area (Å²) in [7, 11) is -1.26. The lowest BCUT2D eigenvalue weighted by Gasteiger charge is -2.25. The molecule has 1 aliphatic rings. The van der Waals surface area contributed by atoms with Crippen molar-refractivity contribution in [2.24, 2.45) is 0 Å². The highest BCUT2D eigenvalue weighted by Gasteiger charge is 2.18. The lowest BCUT2D eigenvalue weighted by Crippen LogP contribution is -2.37. The molecule has 0 saturated carbocycles. The molecule has 17 heavy (non-hydrogen) atoms. The maximum absolute atomic E-state index is 12.1. The van der Waals surface area contributed by atoms with Crippen molar-refractivity contribution in [1.82, 2.24) is 4.31 Å². The molecule has 1 atom stereocenters. The van der Waals surface area contributed by atoms with Crippen molar-refractivity contribution in [1.29, 1.82) is 0 Å². The van der Waals surface area contributed by atoms with Crippen LogP contribution in [0.2, 0.25) is 0 Å². The number of nitro benzene ring substituents is 1. The molecule has 1 aromatic rings. The first-order chi connectivity index (χ1) is 8.18. The van der Waals surface area contributed by atoms with Crippen LogP contribution in [0.5, 0.6) is 0 Å². The fourth-order valence-electron chi connectivity index (χ4n) is 1.55. The number of morpholine rings is 1. The first-order valence-corrected chi connectivity index (χ1v) is 6.28. The third-order valence-corrected chi connectivity index (χ3v) is 3.96. The second-order valence-electron chi connectivity index (χ2n) is 3.54. The topological polar surface area (TPSA) is 72.7 Å². The van der Waals surface area contributed by atoms with Crippen LogP contribution in [0.25, 0.3) is 0 Å². The molecule has 1 aromatic carbocycles. The zero-order valence-electron chi connectivity index (χ0n) is 9.07. The second-order valence-corrected chi connectivity index (χ2v) is 5.03. The number of hydrogen-bond acceptors (Lipinski definition) is 4. The van der Waals surface area contributed by atoms with E-state index in [1.807, 2.05) is 0 Å². The first-order valence-electron chi connectivity index (χ1n) is 5.17. The molecule has 0 unspecified atom stereocenters. The monoisotopic (exact) mass is 256 g/mol. The first kappa shape index (κ1) is 12.2. The van der Waals surface area contributed by atoms with E-state index < -0.39 is 15.9 Å². The Kier molecular flexibility index (Phi) is 3.82. The van der Waals surface area contributed by atoms with E-state index >= 15 is 0 Å². The number of ether oxygens (including phenoxy) is 1. The Morgan fingerprint density at radius 2 is 1.82 bits per heavy atom. The normalized spacial score (nSPS) is 18.8. The van der Waals surface area contributed by atoms with E-state index in [9.17, 15) is 14.3 Å². The SMILES string of the molecule is O=[N+]([O-])c1ccc([S@@](=O)N2CCOCC2)cc1. The average molecular weight is 256 g/mol. The van der Waals surface area contributed by atoms with Crippen LogP contribution in [0.3, 0.4) is 0 Å². The minimum absolute atomic E-state index is 0.00716. The van der Waals surface area contributed by atoms with E-state index in [4.69, 9.17) is 4.74 Å². The van der Waals surface area contributed by atoms with Gasteiger partial charge in [-0.2, -0.15) is 0 Å². The number of hydrogen-bond donors (Lipinski definition) is 0. The molecule has 0 bridgehead atoms. The van der Waals surface area contributed by atoms with Crippen molar-refractivity contribution in [3.05, 3.63) is 34.4 Å². The lowest BCUT2D eigenvalue weighted by molar-refractivity contribution is -0.384. The summed E-state index contributed by atoms with van der Waals surface area (Å²) in [5.41, 5.74) is 0.00716. The van der Waals surface area contributed by atoms with Gasteiger partial charge in [-0.3, -0.25) is 10.1 Å². The van der Waals surface area contributed by atoms with Gasteiger partial charge in [0.15, 0.2) is 0 Å². The standard InChI is InChI=1S/C10H12N2O4S/c13-12(14)9-1-3-10(4-2-9)17(15)11-5-7-16-8-6-11/h1-4H,5-8H2/t17-/m1/s1. The average Bonchev–Trinajstić information content (AvgIpc) is 2.39. The third kappa shape index (κ3) is 2.87. The molecule has 0 spiro atoms. The van der Waals surface area contributed by atoms with Crippen molar-refractivity contribution in [3.63, 3.8) is 0 Å². The minimum Gasteiger partial charge on any atom is -0.379 e. The predicted octanol–water partition coefficient (Wildman–Crippen LogP) is 0.950. The summed E-state index contributed by atoms with van der Waals surface area (Å²) in [6.07, 6.45) is 0. The Labute approximate surface area is 101 Å². The van der Waals surface area contributed by atoms with Gasteiger partial charge in [0.25, 0.3) is 5.69 Å². The lowest BCUT2D eigenvalue weighted by atomic mass is 10.3. The molecule has 0 N–H and O–H groups in total. The Morgan fingerprint density at radius 1 is 1.24 bits per heavy atom. The van der Waals surface area contributed by atoms with Crippen LogP contribution in [0.1, 0.15) is 0 Å². The van der Waals surface area contributed by atoms with Crippen molar-refractivity contribution in [3.8, 4) is 0 Å². The smallest absolute Gasteiger partial charge is 0.269 e. The zero-order valence-corrected chi connectivity index (χ0v) is 9.89. The summed E-state index contributed by atoms with van der Waals surface area (Å²) >= 11 is 0. The summed E-state index contributed by atoms with van der Waals surface area (Å²) < 4.78 is 19.1. The largest absolute Gasteiger partial charge is 0.379 e. The van der Waals surface area contributed by atoms with E-state index in [0.717, 1.165) is 0 Å². The predicted molar refractivity (Wildman–Crippen MR) is 61.9 cm³/mol. The number of rotatable bonds is 3. The number of benzene rings is 1. The van der Waals surface area contributed by atoms with Gasteiger partial charge in [-0.25, -0.2) is 8.51 Å². The second kappa shape index (κ2) is 5.35. The fourth-order valence-corrected chi connectivity index (χ4v) is 2.69. The number of nitrogens with zero attached hydrogens (tertiary/aromatic N) is 2. The minimum atomic E-state index is -1.26. The number of nitro groups is 1. The summed E-state index contributed by atoms with van der Waals surface area (Å²) in [6.45, 7) is 2.37. The molecule has 0 aliphatic carbocycles. The zero-order chi connectivity index (χ0) is 12.3. The van der Waals surface area contributed by atoms with Crippen LogP contribution in [0, 0.1) is 10.1 Å². The molecule has 0 radical (unpaired) electrons. The Balaban J connectivity index is 2.10. The molecule has 1 fully saturated rings. The van der Waals surface area contributed by atoms with Crippen molar-refractivity contribution in [2.75, 3.05) is 26.3 Å². The van der Waals surface area contributed by atoms with Crippen LogP contribution < -0.4 is 0 Å². The third-order valence-electron chi connectivity index (χ3n) is 2.45. The highest BCUT2D eigenvalue weighted by Crippen LogP contribution is 2.17. The van der Waals surface area contributed by atoms with E-state index in [1.54, 1.807) is 4.31 Å². The van der Waals surface area contributed by atoms with Crippen LogP contribution in [0.4, 0.5) is 5.69 Å². The van der Waals surface area contributed by atoms with Crippen molar-refractivity contribution >= 4 is 16.7 Å². The molecule has 6 nitrogen and oxygen atoms in total. The highest BCUT2D eigenvalue weighted by atomic mass is 32.2. The van der Waals surface area contributed by atoms with Crippen molar-refractivity contribution < 1.29 is 13.9 Å². The van der Waals surface area contributed by atoms with E-state index in [0.29, 0.717) is 31.2 Å². The molecular weight excluding hydrogens is 244 g/mol. The maximum Gasteiger partial charge on any atom is 0.269 e. The summed E-state index contributed by atoms with van der Waals surface area (Å²) in [5, 5.41) is 10.5. The van der Waals surface area contributed by atoms with E-state index in [1.165, 1.54) is 24.3 Å². The van der Waals surface area contributed by atoms with Gasteiger partial charge in [-0.1, -0.05) is 0 Å². The Morgan fingerprint density at radius 3 is 2.35 bits per heavy atom. The van der Waals surface area contributed by atoms with Crippen LogP contribution >= 0.6 is 0 Å². The fraction of sp³-hybridized carbons (Fsp3) is 0.400. The number of non-ortho nitro benzene ring substituents is 1. The van der Waals surface area contributed by atoms with Crippen LogP contribution in [-0.4, -0.2) is 39.7 Å². The molecular formula is C10H12N2O4S. The molecule has 1 saturated heterocycles. The molecule has 2 rings (SSSR count). The van der Waals surface area contributed by atoms with Gasteiger partial charge < -0.3 is 4.74 Å². The molecule has 1 heterocycles. The summed E-state index contributed by atoms with van der Waals surface area (Å²) in [4.78, 5) is 10.6. The van der Waals surface area contributed by atoms with Gasteiger partial charge in [0.2, 0.25) is 0 Å². The Hall–Kier alpha value is -1.31.